The maximum atomic E-state index is 3.47. The van der Waals surface area contributed by atoms with Crippen LogP contribution in [0.2, 0.25) is 0 Å². The van der Waals surface area contributed by atoms with Crippen molar-refractivity contribution in [1.82, 2.24) is 0 Å². The molecule has 1 aliphatic carbocycles. The Morgan fingerprint density at radius 2 is 1.73 bits per heavy atom. The first-order valence-corrected chi connectivity index (χ1v) is 7.19. The van der Waals surface area contributed by atoms with Gasteiger partial charge in [-0.25, -0.2) is 0 Å². The van der Waals surface area contributed by atoms with Gasteiger partial charge < -0.3 is 0 Å². The zero-order chi connectivity index (χ0) is 10.5. The number of rotatable bonds is 6. The van der Waals surface area contributed by atoms with Gasteiger partial charge in [0.25, 0.3) is 0 Å². The molecule has 2 rings (SSSR count). The fourth-order valence-corrected chi connectivity index (χ4v) is 2.58. The largest absolute Gasteiger partial charge is 0.0928 e. The van der Waals surface area contributed by atoms with Gasteiger partial charge >= 0.3 is 0 Å². The second-order valence-corrected chi connectivity index (χ2v) is 5.25. The summed E-state index contributed by atoms with van der Waals surface area (Å²) in [6.45, 7) is 0. The molecular formula is C14H19Br. The molecule has 0 N–H and O–H groups in total. The normalized spacial score (nSPS) is 13.4. The van der Waals surface area contributed by atoms with Crippen LogP contribution in [0, 0.1) is 0 Å². The second kappa shape index (κ2) is 5.69. The fourth-order valence-electron chi connectivity index (χ4n) is 2.18. The van der Waals surface area contributed by atoms with Crippen molar-refractivity contribution < 1.29 is 0 Å². The van der Waals surface area contributed by atoms with Gasteiger partial charge in [-0.2, -0.15) is 0 Å². The van der Waals surface area contributed by atoms with Crippen LogP contribution >= 0.6 is 15.9 Å². The average molecular weight is 267 g/mol. The average Bonchev–Trinajstić information content (AvgIpc) is 2.21. The summed E-state index contributed by atoms with van der Waals surface area (Å²) in [5, 5.41) is 1.16. The summed E-state index contributed by atoms with van der Waals surface area (Å²) in [5.74, 6) is 0. The number of fused-ring (bicyclic) bond motifs is 1. The van der Waals surface area contributed by atoms with Gasteiger partial charge in [-0.05, 0) is 48.8 Å². The molecule has 0 fully saturated rings. The van der Waals surface area contributed by atoms with Gasteiger partial charge in [0.15, 0.2) is 0 Å². The Kier molecular flexibility index (Phi) is 4.25. The maximum Gasteiger partial charge on any atom is 0.00313 e. The summed E-state index contributed by atoms with van der Waals surface area (Å²) in [4.78, 5) is 0. The van der Waals surface area contributed by atoms with E-state index < -0.39 is 0 Å². The summed E-state index contributed by atoms with van der Waals surface area (Å²) in [6, 6.07) is 7.07. The van der Waals surface area contributed by atoms with Crippen molar-refractivity contribution in [1.29, 1.82) is 0 Å². The van der Waals surface area contributed by atoms with Gasteiger partial charge in [0.2, 0.25) is 0 Å². The standard InChI is InChI=1S/C14H19Br/c15-10-4-2-1-3-5-12-6-7-13-8-9-14(13)11-12/h6-7,11H,1-5,8-10H2. The zero-order valence-electron chi connectivity index (χ0n) is 9.27. The molecule has 0 radical (unpaired) electrons. The number of halogens is 1. The first kappa shape index (κ1) is 11.2. The molecule has 0 bridgehead atoms. The van der Waals surface area contributed by atoms with Crippen LogP contribution in [0.25, 0.3) is 0 Å². The van der Waals surface area contributed by atoms with Gasteiger partial charge in [-0.1, -0.05) is 47.0 Å². The molecule has 1 aliphatic rings. The van der Waals surface area contributed by atoms with E-state index >= 15 is 0 Å². The lowest BCUT2D eigenvalue weighted by Crippen LogP contribution is -2.08. The minimum Gasteiger partial charge on any atom is -0.0928 e. The molecule has 0 saturated carbocycles. The smallest absolute Gasteiger partial charge is 0.00313 e. The highest BCUT2D eigenvalue weighted by atomic mass is 79.9. The number of hydrogen-bond donors (Lipinski definition) is 0. The quantitative estimate of drug-likeness (QED) is 0.533. The third kappa shape index (κ3) is 3.07. The van der Waals surface area contributed by atoms with Crippen molar-refractivity contribution in [2.75, 3.05) is 5.33 Å². The number of aryl methyl sites for hydroxylation is 3. The molecule has 82 valence electrons. The van der Waals surface area contributed by atoms with E-state index in [2.05, 4.69) is 34.1 Å². The van der Waals surface area contributed by atoms with Crippen molar-refractivity contribution in [3.63, 3.8) is 0 Å². The predicted octanol–water partition coefficient (Wildman–Crippen LogP) is 4.28. The predicted molar refractivity (Wildman–Crippen MR) is 69.8 cm³/mol. The summed E-state index contributed by atoms with van der Waals surface area (Å²) in [7, 11) is 0. The number of alkyl halides is 1. The molecule has 0 heterocycles. The van der Waals surface area contributed by atoms with Gasteiger partial charge in [0, 0.05) is 5.33 Å². The van der Waals surface area contributed by atoms with Crippen LogP contribution in [0.3, 0.4) is 0 Å². The number of benzene rings is 1. The lowest BCUT2D eigenvalue weighted by atomic mass is 9.86. The van der Waals surface area contributed by atoms with E-state index in [0.29, 0.717) is 0 Å². The topological polar surface area (TPSA) is 0 Å². The van der Waals surface area contributed by atoms with Crippen molar-refractivity contribution in [3.05, 3.63) is 34.9 Å². The van der Waals surface area contributed by atoms with E-state index in [0.717, 1.165) is 5.33 Å². The van der Waals surface area contributed by atoms with Crippen LogP contribution in [-0.4, -0.2) is 5.33 Å². The highest BCUT2D eigenvalue weighted by Gasteiger charge is 2.12. The van der Waals surface area contributed by atoms with E-state index in [4.69, 9.17) is 0 Å². The van der Waals surface area contributed by atoms with Crippen LogP contribution in [0.4, 0.5) is 0 Å². The van der Waals surface area contributed by atoms with E-state index in [1.54, 1.807) is 16.7 Å². The third-order valence-corrected chi connectivity index (χ3v) is 3.84. The second-order valence-electron chi connectivity index (χ2n) is 4.46. The van der Waals surface area contributed by atoms with Crippen LogP contribution < -0.4 is 0 Å². The molecule has 0 unspecified atom stereocenters. The Labute approximate surface area is 101 Å². The summed E-state index contributed by atoms with van der Waals surface area (Å²) >= 11 is 3.47. The first-order chi connectivity index (χ1) is 7.40. The van der Waals surface area contributed by atoms with Crippen LogP contribution in [0.15, 0.2) is 18.2 Å². The van der Waals surface area contributed by atoms with Crippen LogP contribution in [0.5, 0.6) is 0 Å². The molecule has 15 heavy (non-hydrogen) atoms. The third-order valence-electron chi connectivity index (χ3n) is 3.28. The van der Waals surface area contributed by atoms with Crippen LogP contribution in [-0.2, 0) is 19.3 Å². The van der Waals surface area contributed by atoms with Crippen molar-refractivity contribution in [2.45, 2.75) is 44.9 Å². The SMILES string of the molecule is BrCCCCCCc1ccc2c(c1)CC2. The molecule has 1 heteroatoms. The molecule has 0 saturated heterocycles. The van der Waals surface area contributed by atoms with Crippen LogP contribution in [0.1, 0.15) is 42.4 Å². The summed E-state index contributed by atoms with van der Waals surface area (Å²) in [6.07, 6.45) is 9.32. The monoisotopic (exact) mass is 266 g/mol. The summed E-state index contributed by atoms with van der Waals surface area (Å²) < 4.78 is 0. The summed E-state index contributed by atoms with van der Waals surface area (Å²) in [5.41, 5.74) is 4.73. The highest BCUT2D eigenvalue weighted by Crippen LogP contribution is 2.24. The van der Waals surface area contributed by atoms with E-state index in [9.17, 15) is 0 Å². The van der Waals surface area contributed by atoms with Crippen molar-refractivity contribution in [3.8, 4) is 0 Å². The number of unbranched alkanes of at least 4 members (excludes halogenated alkanes) is 3. The van der Waals surface area contributed by atoms with Crippen molar-refractivity contribution >= 4 is 15.9 Å². The van der Waals surface area contributed by atoms with Gasteiger partial charge in [0.05, 0.1) is 0 Å². The van der Waals surface area contributed by atoms with Gasteiger partial charge in [0.1, 0.15) is 0 Å². The molecule has 0 nitrogen and oxygen atoms in total. The molecule has 1 aromatic carbocycles. The zero-order valence-corrected chi connectivity index (χ0v) is 10.9. The van der Waals surface area contributed by atoms with E-state index in [1.807, 2.05) is 0 Å². The van der Waals surface area contributed by atoms with E-state index in [-0.39, 0.29) is 0 Å². The Hall–Kier alpha value is -0.300. The molecule has 0 atom stereocenters. The Balaban J connectivity index is 1.72. The molecule has 0 aromatic heterocycles. The molecular weight excluding hydrogens is 248 g/mol. The lowest BCUT2D eigenvalue weighted by molar-refractivity contribution is 0.670. The molecule has 0 aliphatic heterocycles. The first-order valence-electron chi connectivity index (χ1n) is 6.07. The molecule has 0 amide bonds. The minimum atomic E-state index is 1.16. The van der Waals surface area contributed by atoms with Gasteiger partial charge in [-0.3, -0.25) is 0 Å². The Bertz CT molecular complexity index is 317. The maximum absolute atomic E-state index is 3.47. The van der Waals surface area contributed by atoms with E-state index in [1.165, 1.54) is 44.9 Å². The minimum absolute atomic E-state index is 1.16. The van der Waals surface area contributed by atoms with Crippen molar-refractivity contribution in [2.24, 2.45) is 0 Å². The number of hydrogen-bond acceptors (Lipinski definition) is 0. The Morgan fingerprint density at radius 3 is 2.40 bits per heavy atom. The molecule has 1 aromatic rings. The Morgan fingerprint density at radius 1 is 0.933 bits per heavy atom. The van der Waals surface area contributed by atoms with Gasteiger partial charge in [-0.15, -0.1) is 0 Å². The highest BCUT2D eigenvalue weighted by molar-refractivity contribution is 9.09. The fraction of sp³-hybridized carbons (Fsp3) is 0.571. The lowest BCUT2D eigenvalue weighted by Gasteiger charge is -2.19. The molecule has 0 spiro atoms.